The van der Waals surface area contributed by atoms with Crippen molar-refractivity contribution in [2.75, 3.05) is 13.1 Å². The molecule has 0 aliphatic carbocycles. The van der Waals surface area contributed by atoms with Crippen LogP contribution in [0.15, 0.2) is 28.7 Å². The monoisotopic (exact) mass is 349 g/mol. The maximum absolute atomic E-state index is 11.1. The summed E-state index contributed by atoms with van der Waals surface area (Å²) in [6.45, 7) is 5.10. The third-order valence-electron chi connectivity index (χ3n) is 4.12. The smallest absolute Gasteiger partial charge is 0.242 e. The molecular weight excluding hydrogens is 330 g/mol. The van der Waals surface area contributed by atoms with E-state index in [1.807, 2.05) is 31.2 Å². The van der Waals surface area contributed by atoms with Crippen LogP contribution < -0.4 is 0 Å². The molecule has 1 saturated heterocycles. The summed E-state index contributed by atoms with van der Waals surface area (Å²) in [5.74, 6) is 1.18. The summed E-state index contributed by atoms with van der Waals surface area (Å²) in [5.41, 5.74) is 1.06. The highest BCUT2D eigenvalue weighted by atomic mass is 35.5. The average molecular weight is 350 g/mol. The Labute approximate surface area is 145 Å². The number of halogens is 1. The first-order chi connectivity index (χ1) is 11.5. The zero-order chi connectivity index (χ0) is 17.1. The van der Waals surface area contributed by atoms with Crippen molar-refractivity contribution < 1.29 is 13.9 Å². The topological polar surface area (TPSA) is 68.5 Å². The number of likely N-dealkylation sites (tertiary alicyclic amines) is 1. The van der Waals surface area contributed by atoms with Crippen molar-refractivity contribution in [1.29, 1.82) is 0 Å². The lowest BCUT2D eigenvalue weighted by molar-refractivity contribution is -0.143. The van der Waals surface area contributed by atoms with Crippen LogP contribution in [0.5, 0.6) is 0 Å². The number of rotatable bonds is 6. The van der Waals surface area contributed by atoms with Gasteiger partial charge in [-0.25, -0.2) is 0 Å². The lowest BCUT2D eigenvalue weighted by atomic mass is 10.0. The molecule has 1 aliphatic heterocycles. The maximum atomic E-state index is 11.1. The van der Waals surface area contributed by atoms with E-state index in [1.54, 1.807) is 11.8 Å². The molecule has 1 amide bonds. The highest BCUT2D eigenvalue weighted by Crippen LogP contribution is 2.24. The fourth-order valence-electron chi connectivity index (χ4n) is 2.59. The Kier molecular flexibility index (Phi) is 5.16. The molecule has 1 aliphatic rings. The van der Waals surface area contributed by atoms with Crippen molar-refractivity contribution in [1.82, 2.24) is 15.1 Å². The van der Waals surface area contributed by atoms with Crippen molar-refractivity contribution in [3.05, 3.63) is 46.6 Å². The van der Waals surface area contributed by atoms with Gasteiger partial charge >= 0.3 is 0 Å². The summed E-state index contributed by atoms with van der Waals surface area (Å²) in [6, 6.07) is 7.74. The Morgan fingerprint density at radius 2 is 2.17 bits per heavy atom. The van der Waals surface area contributed by atoms with E-state index in [4.69, 9.17) is 20.8 Å². The third kappa shape index (κ3) is 3.94. The predicted octanol–water partition coefficient (Wildman–Crippen LogP) is 2.82. The molecule has 1 aromatic carbocycles. The molecule has 1 aromatic heterocycles. The maximum Gasteiger partial charge on any atom is 0.242 e. The van der Waals surface area contributed by atoms with Crippen molar-refractivity contribution in [2.45, 2.75) is 38.9 Å². The summed E-state index contributed by atoms with van der Waals surface area (Å²) < 4.78 is 11.3. The molecule has 0 bridgehead atoms. The molecule has 0 radical (unpaired) electrons. The van der Waals surface area contributed by atoms with Crippen LogP contribution in [0.4, 0.5) is 0 Å². The summed E-state index contributed by atoms with van der Waals surface area (Å²) in [5, 5.41) is 8.88. The van der Waals surface area contributed by atoms with Crippen molar-refractivity contribution in [2.24, 2.45) is 0 Å². The Morgan fingerprint density at radius 3 is 2.88 bits per heavy atom. The van der Waals surface area contributed by atoms with E-state index < -0.39 is 0 Å². The Hall–Kier alpha value is -1.92. The number of hydrogen-bond acceptors (Lipinski definition) is 5. The number of carbonyl (C=O) groups excluding carboxylic acids is 1. The Bertz CT molecular complexity index is 713. The lowest BCUT2D eigenvalue weighted by Gasteiger charge is -2.37. The fraction of sp³-hybridized carbons (Fsp3) is 0.471. The molecule has 24 heavy (non-hydrogen) atoms. The minimum Gasteiger partial charge on any atom is -0.422 e. The van der Waals surface area contributed by atoms with Crippen LogP contribution >= 0.6 is 11.6 Å². The molecule has 3 rings (SSSR count). The predicted molar refractivity (Wildman–Crippen MR) is 88.7 cm³/mol. The van der Waals surface area contributed by atoms with Gasteiger partial charge in [0.1, 0.15) is 6.61 Å². The quantitative estimate of drug-likeness (QED) is 0.802. The molecule has 0 spiro atoms. The van der Waals surface area contributed by atoms with Gasteiger partial charge in [0.15, 0.2) is 0 Å². The van der Waals surface area contributed by atoms with Crippen LogP contribution in [0, 0.1) is 0 Å². The van der Waals surface area contributed by atoms with Gasteiger partial charge in [0.05, 0.1) is 6.10 Å². The van der Waals surface area contributed by atoms with E-state index >= 15 is 0 Å². The van der Waals surface area contributed by atoms with Crippen LogP contribution in [-0.2, 0) is 22.6 Å². The van der Waals surface area contributed by atoms with E-state index in [9.17, 15) is 4.79 Å². The fourth-order valence-corrected chi connectivity index (χ4v) is 2.81. The second kappa shape index (κ2) is 7.32. The van der Waals surface area contributed by atoms with Gasteiger partial charge in [0, 0.05) is 31.0 Å². The molecule has 2 aromatic rings. The molecule has 128 valence electrons. The first kappa shape index (κ1) is 16.9. The van der Waals surface area contributed by atoms with Gasteiger partial charge in [0.2, 0.25) is 17.7 Å². The minimum atomic E-state index is 0.0461. The second-order valence-electron chi connectivity index (χ2n) is 6.09. The van der Waals surface area contributed by atoms with Crippen LogP contribution in [-0.4, -0.2) is 40.2 Å². The summed E-state index contributed by atoms with van der Waals surface area (Å²) >= 11 is 6.19. The Morgan fingerprint density at radius 1 is 1.42 bits per heavy atom. The zero-order valence-electron chi connectivity index (χ0n) is 13.7. The summed E-state index contributed by atoms with van der Waals surface area (Å²) in [6.07, 6.45) is 0.781. The van der Waals surface area contributed by atoms with Gasteiger partial charge in [0.25, 0.3) is 0 Å². The summed E-state index contributed by atoms with van der Waals surface area (Å²) in [4.78, 5) is 12.8. The third-order valence-corrected chi connectivity index (χ3v) is 4.49. The highest BCUT2D eigenvalue weighted by molar-refractivity contribution is 6.31. The van der Waals surface area contributed by atoms with E-state index in [2.05, 4.69) is 10.2 Å². The molecular formula is C17H20ClN3O3. The van der Waals surface area contributed by atoms with E-state index in [1.165, 1.54) is 0 Å². The average Bonchev–Trinajstić information content (AvgIpc) is 2.96. The largest absolute Gasteiger partial charge is 0.422 e. The molecule has 1 atom stereocenters. The van der Waals surface area contributed by atoms with Crippen LogP contribution in [0.3, 0.4) is 0 Å². The van der Waals surface area contributed by atoms with Crippen LogP contribution in [0.25, 0.3) is 0 Å². The van der Waals surface area contributed by atoms with Gasteiger partial charge in [-0.15, -0.1) is 10.2 Å². The van der Waals surface area contributed by atoms with E-state index in [-0.39, 0.29) is 24.5 Å². The number of carbonyl (C=O) groups is 1. The van der Waals surface area contributed by atoms with Gasteiger partial charge in [-0.05, 0) is 18.1 Å². The molecule has 0 N–H and O–H groups in total. The van der Waals surface area contributed by atoms with Gasteiger partial charge in [-0.3, -0.25) is 4.79 Å². The number of amides is 1. The molecule has 7 heteroatoms. The van der Waals surface area contributed by atoms with Gasteiger partial charge < -0.3 is 14.1 Å². The van der Waals surface area contributed by atoms with Gasteiger partial charge in [-0.1, -0.05) is 36.7 Å². The number of ether oxygens (including phenoxy) is 1. The van der Waals surface area contributed by atoms with Crippen molar-refractivity contribution in [3.63, 3.8) is 0 Å². The zero-order valence-corrected chi connectivity index (χ0v) is 14.5. The molecule has 1 fully saturated rings. The normalized spacial score (nSPS) is 16.0. The van der Waals surface area contributed by atoms with Crippen LogP contribution in [0.1, 0.15) is 37.1 Å². The van der Waals surface area contributed by atoms with Crippen LogP contribution in [0.2, 0.25) is 5.02 Å². The number of hydrogen-bond donors (Lipinski definition) is 0. The second-order valence-corrected chi connectivity index (χ2v) is 6.49. The summed E-state index contributed by atoms with van der Waals surface area (Å²) in [7, 11) is 0. The highest BCUT2D eigenvalue weighted by Gasteiger charge is 2.29. The van der Waals surface area contributed by atoms with Crippen molar-refractivity contribution >= 4 is 17.5 Å². The van der Waals surface area contributed by atoms with E-state index in [0.29, 0.717) is 24.9 Å². The SMILES string of the molecule is CC(=O)N1CC(OCc2nnc(C(C)Cc3ccccc3Cl)o2)C1. The lowest BCUT2D eigenvalue weighted by Crippen LogP contribution is -2.53. The Balaban J connectivity index is 1.50. The molecule has 2 heterocycles. The molecule has 6 nitrogen and oxygen atoms in total. The van der Waals surface area contributed by atoms with E-state index in [0.717, 1.165) is 17.0 Å². The first-order valence-electron chi connectivity index (χ1n) is 7.95. The number of benzene rings is 1. The first-order valence-corrected chi connectivity index (χ1v) is 8.33. The number of aromatic nitrogens is 2. The molecule has 1 unspecified atom stereocenters. The molecule has 0 saturated carbocycles. The standard InChI is InChI=1S/C17H20ClN3O3/c1-11(7-13-5-3-4-6-15(13)18)17-20-19-16(24-17)10-23-14-8-21(9-14)12(2)22/h3-6,11,14H,7-10H2,1-2H3. The minimum absolute atomic E-state index is 0.0461. The number of nitrogens with zero attached hydrogens (tertiary/aromatic N) is 3. The van der Waals surface area contributed by atoms with Gasteiger partial charge in [-0.2, -0.15) is 0 Å². The van der Waals surface area contributed by atoms with Crippen molar-refractivity contribution in [3.8, 4) is 0 Å².